The van der Waals surface area contributed by atoms with E-state index in [0.29, 0.717) is 11.3 Å². The number of hydrogen-bond donors (Lipinski definition) is 1. The lowest BCUT2D eigenvalue weighted by Gasteiger charge is -2.07. The van der Waals surface area contributed by atoms with Gasteiger partial charge < -0.3 is 14.8 Å². The number of carbonyl (C=O) groups excluding carboxylic acids is 2. The normalized spacial score (nSPS) is 9.70. The molecule has 1 N–H and O–H groups in total. The van der Waals surface area contributed by atoms with Gasteiger partial charge in [0.15, 0.2) is 0 Å². The summed E-state index contributed by atoms with van der Waals surface area (Å²) in [5.74, 6) is -0.00560. The van der Waals surface area contributed by atoms with E-state index in [1.165, 1.54) is 5.56 Å². The SMILES string of the molecule is C=C(C)C(=O)OCCNC(=O)Oc1ccc(CC)cc1.[HH]. The summed E-state index contributed by atoms with van der Waals surface area (Å²) in [7, 11) is 0. The van der Waals surface area contributed by atoms with Crippen molar-refractivity contribution in [2.75, 3.05) is 13.2 Å². The lowest BCUT2D eigenvalue weighted by Crippen LogP contribution is -2.30. The Morgan fingerprint density at radius 2 is 1.95 bits per heavy atom. The fourth-order valence-electron chi connectivity index (χ4n) is 1.36. The smallest absolute Gasteiger partial charge is 0.412 e. The Morgan fingerprint density at radius 1 is 1.30 bits per heavy atom. The highest BCUT2D eigenvalue weighted by atomic mass is 16.6. The van der Waals surface area contributed by atoms with E-state index in [0.717, 1.165) is 6.42 Å². The third-order valence-corrected chi connectivity index (χ3v) is 2.50. The summed E-state index contributed by atoms with van der Waals surface area (Å²) in [6.45, 7) is 7.33. The Labute approximate surface area is 120 Å². The van der Waals surface area contributed by atoms with Gasteiger partial charge in [-0.2, -0.15) is 0 Å². The molecule has 1 aromatic carbocycles. The molecule has 1 aromatic rings. The van der Waals surface area contributed by atoms with Crippen molar-refractivity contribution >= 4 is 12.1 Å². The maximum absolute atomic E-state index is 11.5. The van der Waals surface area contributed by atoms with E-state index >= 15 is 0 Å². The molecule has 20 heavy (non-hydrogen) atoms. The predicted octanol–water partition coefficient (Wildman–Crippen LogP) is 2.70. The van der Waals surface area contributed by atoms with Crippen LogP contribution in [0.5, 0.6) is 5.75 Å². The lowest BCUT2D eigenvalue weighted by atomic mass is 10.2. The van der Waals surface area contributed by atoms with Gasteiger partial charge in [0.05, 0.1) is 6.54 Å². The number of carbonyl (C=O) groups is 2. The minimum Gasteiger partial charge on any atom is -0.460 e. The molecular weight excluding hydrogens is 258 g/mol. The van der Waals surface area contributed by atoms with E-state index in [-0.39, 0.29) is 14.6 Å². The van der Waals surface area contributed by atoms with Crippen molar-refractivity contribution in [2.45, 2.75) is 20.3 Å². The molecule has 0 aliphatic rings. The molecule has 0 fully saturated rings. The van der Waals surface area contributed by atoms with Crippen LogP contribution >= 0.6 is 0 Å². The minimum absolute atomic E-state index is 0. The molecule has 0 unspecified atom stereocenters. The van der Waals surface area contributed by atoms with Crippen molar-refractivity contribution in [3.8, 4) is 5.75 Å². The molecule has 5 heteroatoms. The molecular formula is C15H21NO4. The molecule has 0 spiro atoms. The van der Waals surface area contributed by atoms with Crippen molar-refractivity contribution in [1.29, 1.82) is 0 Å². The van der Waals surface area contributed by atoms with Crippen LogP contribution in [-0.4, -0.2) is 25.2 Å². The summed E-state index contributed by atoms with van der Waals surface area (Å²) < 4.78 is 9.89. The highest BCUT2D eigenvalue weighted by Gasteiger charge is 2.05. The van der Waals surface area contributed by atoms with E-state index < -0.39 is 12.1 Å². The molecule has 0 aromatic heterocycles. The molecule has 0 atom stereocenters. The van der Waals surface area contributed by atoms with E-state index in [1.807, 2.05) is 12.1 Å². The number of hydrogen-bond acceptors (Lipinski definition) is 4. The summed E-state index contributed by atoms with van der Waals surface area (Å²) in [6, 6.07) is 7.27. The number of benzene rings is 1. The minimum atomic E-state index is -0.583. The average molecular weight is 279 g/mol. The van der Waals surface area contributed by atoms with Crippen molar-refractivity contribution in [3.05, 3.63) is 42.0 Å². The summed E-state index contributed by atoms with van der Waals surface area (Å²) >= 11 is 0. The van der Waals surface area contributed by atoms with Crippen LogP contribution < -0.4 is 10.1 Å². The molecule has 1 amide bonds. The van der Waals surface area contributed by atoms with Crippen LogP contribution in [0.4, 0.5) is 4.79 Å². The Hall–Kier alpha value is -2.30. The van der Waals surface area contributed by atoms with Gasteiger partial charge >= 0.3 is 12.1 Å². The Kier molecular flexibility index (Phi) is 6.29. The van der Waals surface area contributed by atoms with Gasteiger partial charge in [-0.15, -0.1) is 0 Å². The van der Waals surface area contributed by atoms with E-state index in [1.54, 1.807) is 19.1 Å². The molecule has 0 aliphatic carbocycles. The summed E-state index contributed by atoms with van der Waals surface area (Å²) in [4.78, 5) is 22.5. The Bertz CT molecular complexity index is 485. The first-order chi connectivity index (χ1) is 9.52. The summed E-state index contributed by atoms with van der Waals surface area (Å²) in [6.07, 6.45) is 0.348. The van der Waals surface area contributed by atoms with Crippen LogP contribution in [0.15, 0.2) is 36.4 Å². The highest BCUT2D eigenvalue weighted by molar-refractivity contribution is 5.86. The van der Waals surface area contributed by atoms with E-state index in [4.69, 9.17) is 9.47 Å². The molecule has 0 bridgehead atoms. The quantitative estimate of drug-likeness (QED) is 0.494. The van der Waals surface area contributed by atoms with E-state index in [2.05, 4.69) is 18.8 Å². The summed E-state index contributed by atoms with van der Waals surface area (Å²) in [5, 5.41) is 2.49. The highest BCUT2D eigenvalue weighted by Crippen LogP contribution is 2.12. The Balaban J connectivity index is 0.00000400. The second kappa shape index (κ2) is 7.99. The van der Waals surface area contributed by atoms with Crippen molar-refractivity contribution in [2.24, 2.45) is 0 Å². The number of rotatable bonds is 6. The van der Waals surface area contributed by atoms with Crippen LogP contribution in [0.3, 0.4) is 0 Å². The molecule has 0 heterocycles. The first-order valence-electron chi connectivity index (χ1n) is 6.40. The average Bonchev–Trinajstić information content (AvgIpc) is 2.44. The van der Waals surface area contributed by atoms with Crippen LogP contribution in [0.1, 0.15) is 20.8 Å². The van der Waals surface area contributed by atoms with Crippen LogP contribution in [0.25, 0.3) is 0 Å². The fraction of sp³-hybridized carbons (Fsp3) is 0.333. The van der Waals surface area contributed by atoms with Crippen molar-refractivity contribution in [3.63, 3.8) is 0 Å². The van der Waals surface area contributed by atoms with Gasteiger partial charge in [0.2, 0.25) is 0 Å². The fourth-order valence-corrected chi connectivity index (χ4v) is 1.36. The first-order valence-corrected chi connectivity index (χ1v) is 6.40. The first kappa shape index (κ1) is 15.8. The van der Waals surface area contributed by atoms with Gasteiger partial charge in [0, 0.05) is 7.00 Å². The van der Waals surface area contributed by atoms with Gasteiger partial charge in [-0.25, -0.2) is 9.59 Å². The van der Waals surface area contributed by atoms with Gasteiger partial charge in [-0.3, -0.25) is 0 Å². The maximum Gasteiger partial charge on any atom is 0.412 e. The molecule has 110 valence electrons. The van der Waals surface area contributed by atoms with Gasteiger partial charge in [0.25, 0.3) is 0 Å². The van der Waals surface area contributed by atoms with Crippen molar-refractivity contribution < 1.29 is 20.5 Å². The molecule has 0 saturated heterocycles. The second-order valence-electron chi connectivity index (χ2n) is 4.23. The number of amides is 1. The largest absolute Gasteiger partial charge is 0.460 e. The third kappa shape index (κ3) is 5.56. The monoisotopic (exact) mass is 279 g/mol. The number of nitrogens with one attached hydrogen (secondary N) is 1. The maximum atomic E-state index is 11.5. The molecule has 0 aliphatic heterocycles. The number of ether oxygens (including phenoxy) is 2. The van der Waals surface area contributed by atoms with Gasteiger partial charge in [-0.1, -0.05) is 25.6 Å². The van der Waals surface area contributed by atoms with Crippen molar-refractivity contribution in [1.82, 2.24) is 5.32 Å². The van der Waals surface area contributed by atoms with Gasteiger partial charge in [0.1, 0.15) is 12.4 Å². The third-order valence-electron chi connectivity index (χ3n) is 2.50. The molecule has 0 radical (unpaired) electrons. The number of esters is 1. The zero-order chi connectivity index (χ0) is 15.0. The molecule has 5 nitrogen and oxygen atoms in total. The van der Waals surface area contributed by atoms with E-state index in [9.17, 15) is 9.59 Å². The Morgan fingerprint density at radius 3 is 2.50 bits per heavy atom. The second-order valence-corrected chi connectivity index (χ2v) is 4.23. The summed E-state index contributed by atoms with van der Waals surface area (Å²) in [5.41, 5.74) is 1.49. The molecule has 1 rings (SSSR count). The van der Waals surface area contributed by atoms with Gasteiger partial charge in [-0.05, 0) is 31.0 Å². The molecule has 0 saturated carbocycles. The number of aryl methyl sites for hydroxylation is 1. The van der Waals surface area contributed by atoms with Crippen LogP contribution in [0.2, 0.25) is 0 Å². The topological polar surface area (TPSA) is 64.6 Å². The van der Waals surface area contributed by atoms with Crippen LogP contribution in [-0.2, 0) is 16.0 Å². The van der Waals surface area contributed by atoms with Crippen LogP contribution in [0, 0.1) is 0 Å². The zero-order valence-corrected chi connectivity index (χ0v) is 11.8. The lowest BCUT2D eigenvalue weighted by molar-refractivity contribution is -0.138. The zero-order valence-electron chi connectivity index (χ0n) is 11.8. The predicted molar refractivity (Wildman–Crippen MR) is 77.7 cm³/mol. The standard InChI is InChI=1S/C15H19NO4.H2/c1-4-12-5-7-13(8-6-12)20-15(18)16-9-10-19-14(17)11(2)3;/h5-8H,2,4,9-10H2,1,3H3,(H,16,18);1H.